The number of carbonyl (C=O) groups excluding carboxylic acids is 1. The molecule has 0 radical (unpaired) electrons. The van der Waals surface area contributed by atoms with Crippen LogP contribution in [0.15, 0.2) is 47.3 Å². The molecule has 1 aromatic carbocycles. The summed E-state index contributed by atoms with van der Waals surface area (Å²) in [5.74, 6) is 0.338. The lowest BCUT2D eigenvalue weighted by Gasteiger charge is -2.15. The van der Waals surface area contributed by atoms with Gasteiger partial charge in [-0.15, -0.1) is 10.2 Å². The zero-order valence-electron chi connectivity index (χ0n) is 14.6. The third kappa shape index (κ3) is 2.88. The highest BCUT2D eigenvalue weighted by molar-refractivity contribution is 9.10. The molecule has 0 atom stereocenters. The molecule has 0 spiro atoms. The van der Waals surface area contributed by atoms with Crippen molar-refractivity contribution in [2.24, 2.45) is 0 Å². The Hall–Kier alpha value is -2.80. The molecule has 4 aromatic rings. The lowest BCUT2D eigenvalue weighted by molar-refractivity contribution is 0.102. The Bertz CT molecular complexity index is 1210. The number of nitrogens with zero attached hydrogens (tertiary/aromatic N) is 4. The first-order valence-corrected chi connectivity index (χ1v) is 9.60. The van der Waals surface area contributed by atoms with Crippen molar-refractivity contribution in [3.05, 3.63) is 64.1 Å². The molecule has 3 heterocycles. The van der Waals surface area contributed by atoms with Gasteiger partial charge in [-0.25, -0.2) is 0 Å². The fourth-order valence-corrected chi connectivity index (χ4v) is 3.85. The Morgan fingerprint density at radius 3 is 2.93 bits per heavy atom. The van der Waals surface area contributed by atoms with Gasteiger partial charge in [0.2, 0.25) is 0 Å². The largest absolute Gasteiger partial charge is 0.321 e. The van der Waals surface area contributed by atoms with E-state index in [-0.39, 0.29) is 5.91 Å². The van der Waals surface area contributed by atoms with Crippen LogP contribution in [0.3, 0.4) is 0 Å². The van der Waals surface area contributed by atoms with Crippen molar-refractivity contribution < 1.29 is 4.79 Å². The summed E-state index contributed by atoms with van der Waals surface area (Å²) in [6.07, 6.45) is 5.70. The molecule has 0 aliphatic heterocycles. The van der Waals surface area contributed by atoms with Crippen LogP contribution in [0.5, 0.6) is 0 Å². The smallest absolute Gasteiger partial charge is 0.256 e. The number of amides is 1. The minimum atomic E-state index is -0.132. The summed E-state index contributed by atoms with van der Waals surface area (Å²) in [4.78, 5) is 18.1. The summed E-state index contributed by atoms with van der Waals surface area (Å²) in [7, 11) is 0. The molecule has 1 N–H and O–H groups in total. The highest BCUT2D eigenvalue weighted by atomic mass is 79.9. The van der Waals surface area contributed by atoms with Crippen LogP contribution >= 0.6 is 15.9 Å². The molecule has 1 amide bonds. The lowest BCUT2D eigenvalue weighted by Crippen LogP contribution is -2.16. The van der Waals surface area contributed by atoms with Crippen molar-refractivity contribution in [2.75, 3.05) is 5.32 Å². The van der Waals surface area contributed by atoms with Crippen LogP contribution in [0.1, 0.15) is 40.4 Å². The number of halogens is 1. The minimum Gasteiger partial charge on any atom is -0.321 e. The second-order valence-electron chi connectivity index (χ2n) is 6.90. The van der Waals surface area contributed by atoms with E-state index in [1.807, 2.05) is 43.5 Å². The molecule has 7 heteroatoms. The highest BCUT2D eigenvalue weighted by Gasteiger charge is 2.30. The minimum absolute atomic E-state index is 0.132. The number of nitrogens with one attached hydrogen (secondary N) is 1. The zero-order chi connectivity index (χ0) is 18.5. The Morgan fingerprint density at radius 1 is 1.26 bits per heavy atom. The van der Waals surface area contributed by atoms with E-state index in [1.54, 1.807) is 10.7 Å². The summed E-state index contributed by atoms with van der Waals surface area (Å²) >= 11 is 3.51. The van der Waals surface area contributed by atoms with Crippen LogP contribution < -0.4 is 5.32 Å². The number of anilines is 1. The van der Waals surface area contributed by atoms with Crippen LogP contribution in [-0.2, 0) is 0 Å². The molecule has 0 saturated heterocycles. The summed E-state index contributed by atoms with van der Waals surface area (Å²) in [5.41, 5.74) is 4.98. The number of hydrogen-bond donors (Lipinski definition) is 1. The quantitative estimate of drug-likeness (QED) is 0.529. The SMILES string of the molecule is Cc1c(C2CC2)nc2ccc(Br)cc2c1C(=O)Nc1ccc2nncn2c1. The van der Waals surface area contributed by atoms with Gasteiger partial charge in [-0.05, 0) is 55.7 Å². The Morgan fingerprint density at radius 2 is 2.11 bits per heavy atom. The van der Waals surface area contributed by atoms with Crippen LogP contribution in [-0.4, -0.2) is 25.5 Å². The van der Waals surface area contributed by atoms with Crippen molar-refractivity contribution in [3.8, 4) is 0 Å². The molecule has 1 fully saturated rings. The number of hydrogen-bond acceptors (Lipinski definition) is 4. The number of carbonyl (C=O) groups is 1. The van der Waals surface area contributed by atoms with E-state index in [0.717, 1.165) is 45.1 Å². The van der Waals surface area contributed by atoms with Gasteiger partial charge in [0.15, 0.2) is 5.65 Å². The fraction of sp³-hybridized carbons (Fsp3) is 0.200. The normalized spacial score (nSPS) is 14.0. The maximum absolute atomic E-state index is 13.2. The third-order valence-corrected chi connectivity index (χ3v) is 5.46. The number of fused-ring (bicyclic) bond motifs is 2. The van der Waals surface area contributed by atoms with E-state index in [4.69, 9.17) is 4.98 Å². The molecule has 3 aromatic heterocycles. The second kappa shape index (κ2) is 6.13. The van der Waals surface area contributed by atoms with Crippen LogP contribution in [0, 0.1) is 6.92 Å². The molecule has 6 nitrogen and oxygen atoms in total. The van der Waals surface area contributed by atoms with Gasteiger partial charge < -0.3 is 5.32 Å². The van der Waals surface area contributed by atoms with Crippen molar-refractivity contribution in [1.82, 2.24) is 19.6 Å². The maximum atomic E-state index is 13.2. The standard InChI is InChI=1S/C20H16BrN5O/c1-11-18(20(27)23-14-5-7-17-25-22-10-26(17)9-14)15-8-13(21)4-6-16(15)24-19(11)12-2-3-12/h4-10,12H,2-3H2,1H3,(H,23,27). The number of pyridine rings is 2. The Labute approximate surface area is 163 Å². The first-order valence-electron chi connectivity index (χ1n) is 8.80. The molecule has 0 unspecified atom stereocenters. The van der Waals surface area contributed by atoms with E-state index < -0.39 is 0 Å². The average Bonchev–Trinajstić information content (AvgIpc) is 3.38. The molecular formula is C20H16BrN5O. The molecule has 1 aliphatic rings. The van der Waals surface area contributed by atoms with E-state index >= 15 is 0 Å². The van der Waals surface area contributed by atoms with Gasteiger partial charge in [0, 0.05) is 27.7 Å². The monoisotopic (exact) mass is 421 g/mol. The predicted octanol–water partition coefficient (Wildman–Crippen LogP) is 4.48. The summed E-state index contributed by atoms with van der Waals surface area (Å²) in [6, 6.07) is 9.54. The third-order valence-electron chi connectivity index (χ3n) is 4.97. The van der Waals surface area contributed by atoms with Gasteiger partial charge in [-0.1, -0.05) is 15.9 Å². The Balaban J connectivity index is 1.62. The topological polar surface area (TPSA) is 72.2 Å². The number of rotatable bonds is 3. The molecule has 1 saturated carbocycles. The molecular weight excluding hydrogens is 406 g/mol. The Kier molecular flexibility index (Phi) is 3.72. The first-order chi connectivity index (χ1) is 13.1. The molecule has 5 rings (SSSR count). The van der Waals surface area contributed by atoms with Crippen LogP contribution in [0.4, 0.5) is 5.69 Å². The molecule has 27 heavy (non-hydrogen) atoms. The second-order valence-corrected chi connectivity index (χ2v) is 7.82. The number of aromatic nitrogens is 4. The summed E-state index contributed by atoms with van der Waals surface area (Å²) < 4.78 is 2.70. The van der Waals surface area contributed by atoms with Gasteiger partial charge in [0.25, 0.3) is 5.91 Å². The van der Waals surface area contributed by atoms with E-state index in [2.05, 4.69) is 31.4 Å². The van der Waals surface area contributed by atoms with Gasteiger partial charge in [-0.2, -0.15) is 0 Å². The van der Waals surface area contributed by atoms with Crippen molar-refractivity contribution >= 4 is 44.1 Å². The fourth-order valence-electron chi connectivity index (χ4n) is 3.49. The van der Waals surface area contributed by atoms with Gasteiger partial charge in [0.1, 0.15) is 6.33 Å². The van der Waals surface area contributed by atoms with Gasteiger partial charge >= 0.3 is 0 Å². The first kappa shape index (κ1) is 16.4. The van der Waals surface area contributed by atoms with Crippen LogP contribution in [0.25, 0.3) is 16.6 Å². The van der Waals surface area contributed by atoms with E-state index in [1.165, 1.54) is 0 Å². The average molecular weight is 422 g/mol. The van der Waals surface area contributed by atoms with Crippen molar-refractivity contribution in [2.45, 2.75) is 25.7 Å². The highest BCUT2D eigenvalue weighted by Crippen LogP contribution is 2.42. The van der Waals surface area contributed by atoms with Gasteiger partial charge in [-0.3, -0.25) is 14.2 Å². The van der Waals surface area contributed by atoms with Crippen LogP contribution in [0.2, 0.25) is 0 Å². The van der Waals surface area contributed by atoms with Crippen molar-refractivity contribution in [3.63, 3.8) is 0 Å². The van der Waals surface area contributed by atoms with E-state index in [9.17, 15) is 4.79 Å². The molecule has 134 valence electrons. The summed E-state index contributed by atoms with van der Waals surface area (Å²) in [5, 5.41) is 11.7. The molecule has 0 bridgehead atoms. The maximum Gasteiger partial charge on any atom is 0.256 e. The summed E-state index contributed by atoms with van der Waals surface area (Å²) in [6.45, 7) is 2.00. The van der Waals surface area contributed by atoms with Gasteiger partial charge in [0.05, 0.1) is 16.8 Å². The molecule has 1 aliphatic carbocycles. The van der Waals surface area contributed by atoms with E-state index in [0.29, 0.717) is 17.2 Å². The predicted molar refractivity (Wildman–Crippen MR) is 107 cm³/mol. The lowest BCUT2D eigenvalue weighted by atomic mass is 9.98. The zero-order valence-corrected chi connectivity index (χ0v) is 16.2. The number of benzene rings is 1. The van der Waals surface area contributed by atoms with Crippen molar-refractivity contribution in [1.29, 1.82) is 0 Å².